The topological polar surface area (TPSA) is 30.7 Å². The number of pyridine rings is 1. The third-order valence-electron chi connectivity index (χ3n) is 2.65. The summed E-state index contributed by atoms with van der Waals surface area (Å²) in [5.41, 5.74) is 2.22. The SMILES string of the molecule is Brc1cnn(Cc2cccc3cccnc23)c1. The Hall–Kier alpha value is -1.68. The molecule has 17 heavy (non-hydrogen) atoms. The first-order valence-corrected chi connectivity index (χ1v) is 6.13. The average molecular weight is 288 g/mol. The van der Waals surface area contributed by atoms with Gasteiger partial charge >= 0.3 is 0 Å². The monoisotopic (exact) mass is 287 g/mol. The molecule has 0 saturated carbocycles. The van der Waals surface area contributed by atoms with Crippen molar-refractivity contribution in [1.82, 2.24) is 14.8 Å². The number of hydrogen-bond acceptors (Lipinski definition) is 2. The first kappa shape index (κ1) is 10.5. The van der Waals surface area contributed by atoms with Crippen molar-refractivity contribution in [1.29, 1.82) is 0 Å². The lowest BCUT2D eigenvalue weighted by molar-refractivity contribution is 0.689. The molecule has 0 aliphatic carbocycles. The number of rotatable bonds is 2. The summed E-state index contributed by atoms with van der Waals surface area (Å²) in [4.78, 5) is 4.43. The molecule has 0 aliphatic rings. The second-order valence-electron chi connectivity index (χ2n) is 3.85. The van der Waals surface area contributed by atoms with E-state index in [2.05, 4.69) is 50.3 Å². The Morgan fingerprint density at radius 3 is 2.88 bits per heavy atom. The molecule has 0 spiro atoms. The standard InChI is InChI=1S/C13H10BrN3/c14-12-7-16-17(9-12)8-11-4-1-3-10-5-2-6-15-13(10)11/h1-7,9H,8H2. The van der Waals surface area contributed by atoms with Gasteiger partial charge in [0, 0.05) is 17.8 Å². The Balaban J connectivity index is 2.05. The van der Waals surface area contributed by atoms with Crippen molar-refractivity contribution < 1.29 is 0 Å². The van der Waals surface area contributed by atoms with E-state index in [0.29, 0.717) is 0 Å². The number of fused-ring (bicyclic) bond motifs is 1. The van der Waals surface area contributed by atoms with Gasteiger partial charge < -0.3 is 0 Å². The first-order chi connectivity index (χ1) is 8.33. The molecule has 2 aromatic heterocycles. The third-order valence-corrected chi connectivity index (χ3v) is 3.06. The van der Waals surface area contributed by atoms with Crippen LogP contribution in [0.25, 0.3) is 10.9 Å². The van der Waals surface area contributed by atoms with E-state index in [1.807, 2.05) is 23.1 Å². The molecule has 1 aromatic carbocycles. The molecule has 3 nitrogen and oxygen atoms in total. The number of para-hydroxylation sites is 1. The fourth-order valence-electron chi connectivity index (χ4n) is 1.89. The number of hydrogen-bond donors (Lipinski definition) is 0. The lowest BCUT2D eigenvalue weighted by Crippen LogP contribution is -2.01. The van der Waals surface area contributed by atoms with Gasteiger partial charge in [-0.1, -0.05) is 24.3 Å². The molecule has 2 heterocycles. The third kappa shape index (κ3) is 2.08. The highest BCUT2D eigenvalue weighted by Gasteiger charge is 2.03. The molecule has 0 radical (unpaired) electrons. The summed E-state index contributed by atoms with van der Waals surface area (Å²) in [6, 6.07) is 10.2. The van der Waals surface area contributed by atoms with Crippen LogP contribution in [-0.4, -0.2) is 14.8 Å². The van der Waals surface area contributed by atoms with Gasteiger partial charge in [-0.15, -0.1) is 0 Å². The van der Waals surface area contributed by atoms with Gasteiger partial charge in [-0.05, 0) is 27.6 Å². The van der Waals surface area contributed by atoms with Crippen molar-refractivity contribution in [2.24, 2.45) is 0 Å². The minimum atomic E-state index is 0.736. The van der Waals surface area contributed by atoms with E-state index in [0.717, 1.165) is 21.9 Å². The Morgan fingerprint density at radius 2 is 2.06 bits per heavy atom. The molecular weight excluding hydrogens is 278 g/mol. The highest BCUT2D eigenvalue weighted by Crippen LogP contribution is 2.17. The average Bonchev–Trinajstić information content (AvgIpc) is 2.75. The van der Waals surface area contributed by atoms with Crippen LogP contribution in [-0.2, 0) is 6.54 Å². The molecule has 0 saturated heterocycles. The lowest BCUT2D eigenvalue weighted by atomic mass is 10.1. The zero-order valence-electron chi connectivity index (χ0n) is 9.05. The van der Waals surface area contributed by atoms with Crippen molar-refractivity contribution in [2.45, 2.75) is 6.54 Å². The van der Waals surface area contributed by atoms with Crippen LogP contribution in [0.5, 0.6) is 0 Å². The summed E-state index contributed by atoms with van der Waals surface area (Å²) in [5, 5.41) is 5.42. The van der Waals surface area contributed by atoms with Crippen LogP contribution >= 0.6 is 15.9 Å². The Kier molecular flexibility index (Phi) is 2.65. The zero-order chi connectivity index (χ0) is 11.7. The Labute approximate surface area is 107 Å². The maximum absolute atomic E-state index is 4.43. The minimum absolute atomic E-state index is 0.736. The highest BCUT2D eigenvalue weighted by atomic mass is 79.9. The quantitative estimate of drug-likeness (QED) is 0.724. The van der Waals surface area contributed by atoms with Crippen molar-refractivity contribution in [2.75, 3.05) is 0 Å². The number of halogens is 1. The highest BCUT2D eigenvalue weighted by molar-refractivity contribution is 9.10. The molecule has 84 valence electrons. The second-order valence-corrected chi connectivity index (χ2v) is 4.76. The normalized spacial score (nSPS) is 10.9. The van der Waals surface area contributed by atoms with Gasteiger partial charge in [-0.2, -0.15) is 5.10 Å². The van der Waals surface area contributed by atoms with E-state index in [4.69, 9.17) is 0 Å². The summed E-state index contributed by atoms with van der Waals surface area (Å²) in [6.07, 6.45) is 5.57. The number of benzene rings is 1. The van der Waals surface area contributed by atoms with E-state index < -0.39 is 0 Å². The van der Waals surface area contributed by atoms with Crippen LogP contribution in [0.15, 0.2) is 53.4 Å². The molecule has 3 rings (SSSR count). The summed E-state index contributed by atoms with van der Waals surface area (Å²) in [7, 11) is 0. The molecule has 0 atom stereocenters. The predicted octanol–water partition coefficient (Wildman–Crippen LogP) is 3.24. The van der Waals surface area contributed by atoms with Crippen molar-refractivity contribution in [3.05, 3.63) is 59.0 Å². The van der Waals surface area contributed by atoms with Crippen molar-refractivity contribution in [3.63, 3.8) is 0 Å². The number of aromatic nitrogens is 3. The second kappa shape index (κ2) is 4.30. The van der Waals surface area contributed by atoms with E-state index in [-0.39, 0.29) is 0 Å². The summed E-state index contributed by atoms with van der Waals surface area (Å²) in [6.45, 7) is 0.736. The fraction of sp³-hybridized carbons (Fsp3) is 0.0769. The molecular formula is C13H10BrN3. The maximum Gasteiger partial charge on any atom is 0.0752 e. The lowest BCUT2D eigenvalue weighted by Gasteiger charge is -2.05. The van der Waals surface area contributed by atoms with Crippen LogP contribution in [0.4, 0.5) is 0 Å². The first-order valence-electron chi connectivity index (χ1n) is 5.33. The van der Waals surface area contributed by atoms with Crippen LogP contribution in [0, 0.1) is 0 Å². The molecule has 3 aromatic rings. The molecule has 0 aliphatic heterocycles. The van der Waals surface area contributed by atoms with Crippen LogP contribution in [0.2, 0.25) is 0 Å². The van der Waals surface area contributed by atoms with Crippen molar-refractivity contribution in [3.8, 4) is 0 Å². The van der Waals surface area contributed by atoms with E-state index in [1.54, 1.807) is 6.20 Å². The van der Waals surface area contributed by atoms with Gasteiger partial charge in [0.15, 0.2) is 0 Å². The number of nitrogens with zero attached hydrogens (tertiary/aromatic N) is 3. The smallest absolute Gasteiger partial charge is 0.0752 e. The molecule has 0 N–H and O–H groups in total. The van der Waals surface area contributed by atoms with Gasteiger partial charge in [0.05, 0.1) is 22.7 Å². The van der Waals surface area contributed by atoms with Gasteiger partial charge in [0.1, 0.15) is 0 Å². The maximum atomic E-state index is 4.43. The Morgan fingerprint density at radius 1 is 1.18 bits per heavy atom. The summed E-state index contributed by atoms with van der Waals surface area (Å²) >= 11 is 3.40. The van der Waals surface area contributed by atoms with Crippen LogP contribution in [0.3, 0.4) is 0 Å². The van der Waals surface area contributed by atoms with Crippen LogP contribution < -0.4 is 0 Å². The van der Waals surface area contributed by atoms with Gasteiger partial charge in [0.2, 0.25) is 0 Å². The molecule has 0 unspecified atom stereocenters. The van der Waals surface area contributed by atoms with Crippen LogP contribution in [0.1, 0.15) is 5.56 Å². The predicted molar refractivity (Wildman–Crippen MR) is 70.8 cm³/mol. The largest absolute Gasteiger partial charge is 0.267 e. The molecule has 4 heteroatoms. The summed E-state index contributed by atoms with van der Waals surface area (Å²) in [5.74, 6) is 0. The van der Waals surface area contributed by atoms with Gasteiger partial charge in [-0.25, -0.2) is 0 Å². The Bertz CT molecular complexity index is 655. The van der Waals surface area contributed by atoms with Gasteiger partial charge in [0.25, 0.3) is 0 Å². The molecule has 0 fully saturated rings. The summed E-state index contributed by atoms with van der Waals surface area (Å²) < 4.78 is 2.89. The minimum Gasteiger partial charge on any atom is -0.267 e. The van der Waals surface area contributed by atoms with E-state index in [1.165, 1.54) is 5.56 Å². The van der Waals surface area contributed by atoms with Gasteiger partial charge in [-0.3, -0.25) is 9.67 Å². The fourth-order valence-corrected chi connectivity index (χ4v) is 2.22. The van der Waals surface area contributed by atoms with Crippen molar-refractivity contribution >= 4 is 26.8 Å². The molecule has 0 amide bonds. The van der Waals surface area contributed by atoms with E-state index >= 15 is 0 Å². The zero-order valence-corrected chi connectivity index (χ0v) is 10.6. The van der Waals surface area contributed by atoms with E-state index in [9.17, 15) is 0 Å². The molecule has 0 bridgehead atoms.